The molecule has 3 heterocycles. The van der Waals surface area contributed by atoms with E-state index >= 15 is 0 Å². The maximum Gasteiger partial charge on any atom is 0.188 e. The van der Waals surface area contributed by atoms with Crippen LogP contribution in [-0.4, -0.2) is 24.1 Å². The summed E-state index contributed by atoms with van der Waals surface area (Å²) < 4.78 is 4.56. The summed E-state index contributed by atoms with van der Waals surface area (Å²) in [5.41, 5.74) is 15.2. The Labute approximate surface area is 415 Å². The molecule has 0 aliphatic heterocycles. The minimum atomic E-state index is 0.412. The van der Waals surface area contributed by atoms with E-state index in [2.05, 4.69) is 172 Å². The summed E-state index contributed by atoms with van der Waals surface area (Å²) >= 11 is 0. The van der Waals surface area contributed by atoms with E-state index in [1.165, 1.54) is 0 Å². The predicted octanol–water partition coefficient (Wildman–Crippen LogP) is 16.5. The molecule has 72 heavy (non-hydrogen) atoms. The smallest absolute Gasteiger partial charge is 0.188 e. The van der Waals surface area contributed by atoms with E-state index in [1.54, 1.807) is 0 Å². The maximum atomic E-state index is 10.4. The van der Waals surface area contributed by atoms with Gasteiger partial charge in [-0.05, 0) is 100 Å². The van der Waals surface area contributed by atoms with Crippen molar-refractivity contribution in [2.75, 3.05) is 0 Å². The zero-order chi connectivity index (χ0) is 48.1. The first-order valence-corrected chi connectivity index (χ1v) is 23.8. The van der Waals surface area contributed by atoms with E-state index in [-0.39, 0.29) is 0 Å². The molecular weight excluding hydrogens is 879 g/mol. The first kappa shape index (κ1) is 41.9. The molecule has 0 radical (unpaired) electrons. The number of aromatic nitrogens is 5. The van der Waals surface area contributed by atoms with Gasteiger partial charge in [0.1, 0.15) is 0 Å². The van der Waals surface area contributed by atoms with Crippen molar-refractivity contribution in [2.24, 2.45) is 0 Å². The molecule has 0 spiro atoms. The van der Waals surface area contributed by atoms with Crippen molar-refractivity contribution >= 4 is 49.3 Å². The molecule has 7 nitrogen and oxygen atoms in total. The lowest BCUT2D eigenvalue weighted by Crippen LogP contribution is -2.06. The largest absolute Gasteiger partial charge is 0.309 e. The van der Waals surface area contributed by atoms with Gasteiger partial charge in [0.25, 0.3) is 0 Å². The Bertz CT molecular complexity index is 4350. The van der Waals surface area contributed by atoms with Crippen LogP contribution < -0.4 is 0 Å². The average molecular weight is 918 g/mol. The molecule has 0 aliphatic carbocycles. The second kappa shape index (κ2) is 17.4. The topological polar surface area (TPSA) is 76.7 Å². The van der Waals surface area contributed by atoms with E-state index in [0.717, 1.165) is 99.5 Å². The third-order valence-electron chi connectivity index (χ3n) is 13.7. The lowest BCUT2D eigenvalue weighted by molar-refractivity contribution is 1.06. The van der Waals surface area contributed by atoms with Gasteiger partial charge in [-0.15, -0.1) is 0 Å². The number of nitrogens with zero attached hydrogens (tertiary/aromatic N) is 7. The minimum Gasteiger partial charge on any atom is -0.309 e. The first-order valence-electron chi connectivity index (χ1n) is 23.8. The molecular formula is C65H39N7. The number of nitriles is 1. The first-order chi connectivity index (χ1) is 35.6. The second-order valence-corrected chi connectivity index (χ2v) is 17.8. The Morgan fingerprint density at radius 1 is 0.347 bits per heavy atom. The lowest BCUT2D eigenvalue weighted by Gasteiger charge is -2.18. The van der Waals surface area contributed by atoms with Crippen molar-refractivity contribution in [3.05, 3.63) is 254 Å². The predicted molar refractivity (Wildman–Crippen MR) is 292 cm³/mol. The van der Waals surface area contributed by atoms with Crippen LogP contribution in [0, 0.1) is 17.9 Å². The monoisotopic (exact) mass is 917 g/mol. The Morgan fingerprint density at radius 3 is 1.35 bits per heavy atom. The molecule has 0 saturated heterocycles. The maximum absolute atomic E-state index is 10.4. The van der Waals surface area contributed by atoms with E-state index in [4.69, 9.17) is 21.5 Å². The number of benzene rings is 10. The highest BCUT2D eigenvalue weighted by Gasteiger charge is 2.24. The molecule has 7 heteroatoms. The van der Waals surface area contributed by atoms with Crippen molar-refractivity contribution < 1.29 is 0 Å². The molecule has 0 unspecified atom stereocenters. The van der Waals surface area contributed by atoms with Crippen LogP contribution in [0.3, 0.4) is 0 Å². The normalized spacial score (nSPS) is 11.3. The summed E-state index contributed by atoms with van der Waals surface area (Å²) in [6, 6.07) is 83.3. The van der Waals surface area contributed by atoms with Crippen LogP contribution in [0.4, 0.5) is 5.69 Å². The van der Waals surface area contributed by atoms with Gasteiger partial charge in [0.05, 0.1) is 51.6 Å². The molecule has 13 aromatic rings. The summed E-state index contributed by atoms with van der Waals surface area (Å²) in [6.07, 6.45) is 0. The SMILES string of the molecule is [C-]#[N+]c1ccc(-n2c3ccccc3c3cc(-c4ccccc4)ccc32)c(-c2nc(-c3ccccc3)nc(-c3cc(-c4ccccc4C#N)ccc3-n3c4ccccc4c4cc(-c5ccccc5)ccc43)n2)c1. The lowest BCUT2D eigenvalue weighted by atomic mass is 9.97. The van der Waals surface area contributed by atoms with Gasteiger partial charge in [0.15, 0.2) is 23.2 Å². The van der Waals surface area contributed by atoms with Crippen LogP contribution in [0.1, 0.15) is 5.56 Å². The number of rotatable bonds is 8. The van der Waals surface area contributed by atoms with Crippen LogP contribution in [0.15, 0.2) is 237 Å². The summed E-state index contributed by atoms with van der Waals surface area (Å²) in [5.74, 6) is 1.33. The summed E-state index contributed by atoms with van der Waals surface area (Å²) in [7, 11) is 0. The van der Waals surface area contributed by atoms with Gasteiger partial charge in [-0.2, -0.15) is 5.26 Å². The van der Waals surface area contributed by atoms with Crippen molar-refractivity contribution in [2.45, 2.75) is 0 Å². The van der Waals surface area contributed by atoms with Gasteiger partial charge in [-0.25, -0.2) is 19.8 Å². The average Bonchev–Trinajstić information content (AvgIpc) is 3.97. The van der Waals surface area contributed by atoms with Gasteiger partial charge in [0.2, 0.25) is 0 Å². The van der Waals surface area contributed by atoms with Crippen molar-refractivity contribution in [3.63, 3.8) is 0 Å². The third kappa shape index (κ3) is 7.08. The fourth-order valence-corrected chi connectivity index (χ4v) is 10.3. The van der Waals surface area contributed by atoms with E-state index < -0.39 is 0 Å². The van der Waals surface area contributed by atoms with Crippen LogP contribution in [0.5, 0.6) is 0 Å². The number of hydrogen-bond acceptors (Lipinski definition) is 4. The number of hydrogen-bond donors (Lipinski definition) is 0. The molecule has 0 bridgehead atoms. The van der Waals surface area contributed by atoms with Crippen LogP contribution in [0.25, 0.3) is 127 Å². The minimum absolute atomic E-state index is 0.412. The molecule has 0 atom stereocenters. The van der Waals surface area contributed by atoms with Gasteiger partial charge >= 0.3 is 0 Å². The van der Waals surface area contributed by atoms with Gasteiger partial charge in [-0.1, -0.05) is 170 Å². The number of para-hydroxylation sites is 2. The third-order valence-corrected chi connectivity index (χ3v) is 13.7. The van der Waals surface area contributed by atoms with Gasteiger partial charge < -0.3 is 9.13 Å². The summed E-state index contributed by atoms with van der Waals surface area (Å²) in [5, 5.41) is 14.8. The van der Waals surface area contributed by atoms with Crippen molar-refractivity contribution in [3.8, 4) is 85.0 Å². The Balaban J connectivity index is 1.09. The van der Waals surface area contributed by atoms with Crippen molar-refractivity contribution in [1.82, 2.24) is 24.1 Å². The number of fused-ring (bicyclic) bond motifs is 6. The molecule has 3 aromatic heterocycles. The van der Waals surface area contributed by atoms with Crippen molar-refractivity contribution in [1.29, 1.82) is 5.26 Å². The molecule has 334 valence electrons. The second-order valence-electron chi connectivity index (χ2n) is 17.8. The van der Waals surface area contributed by atoms with Gasteiger partial charge in [-0.3, -0.25) is 0 Å². The Morgan fingerprint density at radius 2 is 0.792 bits per heavy atom. The zero-order valence-electron chi connectivity index (χ0n) is 38.6. The summed E-state index contributed by atoms with van der Waals surface area (Å²) in [4.78, 5) is 20.1. The standard InChI is InChI=1S/C65H39N7/c1-67-49-32-36-62(72-58-28-16-14-26-52(58)54-38-46(30-34-60(54)72)43-19-7-3-8-20-43)56(40-49)65-69-63(44-21-9-4-10-22-44)68-64(70-65)55-39-47(50-24-12-11-23-48(50)41-66)31-35-61(55)71-57-27-15-13-25-51(57)53-37-45(29-33-59(53)71)42-17-5-2-6-18-42/h2-40H. The fraction of sp³-hybridized carbons (Fsp3) is 0. The van der Waals surface area contributed by atoms with E-state index in [1.807, 2.05) is 84.9 Å². The molecule has 0 aliphatic rings. The Hall–Kier alpha value is -10.2. The summed E-state index contributed by atoms with van der Waals surface area (Å²) in [6.45, 7) is 8.25. The molecule has 13 rings (SSSR count). The van der Waals surface area contributed by atoms with Gasteiger partial charge in [0, 0.05) is 38.2 Å². The molecule has 0 saturated carbocycles. The zero-order valence-corrected chi connectivity index (χ0v) is 38.6. The molecule has 0 N–H and O–H groups in total. The van der Waals surface area contributed by atoms with Crippen LogP contribution >= 0.6 is 0 Å². The molecule has 0 amide bonds. The highest BCUT2D eigenvalue weighted by Crippen LogP contribution is 2.42. The fourth-order valence-electron chi connectivity index (χ4n) is 10.3. The highest BCUT2D eigenvalue weighted by atomic mass is 15.1. The highest BCUT2D eigenvalue weighted by molar-refractivity contribution is 6.12. The van der Waals surface area contributed by atoms with E-state index in [9.17, 15) is 5.26 Å². The van der Waals surface area contributed by atoms with E-state index in [0.29, 0.717) is 34.3 Å². The molecule has 0 fully saturated rings. The van der Waals surface area contributed by atoms with Crippen LogP contribution in [-0.2, 0) is 0 Å². The molecule has 10 aromatic carbocycles. The van der Waals surface area contributed by atoms with Crippen LogP contribution in [0.2, 0.25) is 0 Å². The Kier molecular flexibility index (Phi) is 10.1. The quantitative estimate of drug-likeness (QED) is 0.142.